The number of aromatic carboxylic acids is 1. The molecule has 1 N–H and O–H groups in total. The summed E-state index contributed by atoms with van der Waals surface area (Å²) in [7, 11) is 0. The number of pyridine rings is 1. The van der Waals surface area contributed by atoms with Gasteiger partial charge in [-0.05, 0) is 69.9 Å². The summed E-state index contributed by atoms with van der Waals surface area (Å²) in [6.07, 6.45) is 1.74. The summed E-state index contributed by atoms with van der Waals surface area (Å²) in [6, 6.07) is 14.2. The van der Waals surface area contributed by atoms with Crippen LogP contribution in [0.25, 0.3) is 10.8 Å². The number of carboxylic acids is 1. The van der Waals surface area contributed by atoms with Crippen molar-refractivity contribution in [1.29, 1.82) is 0 Å². The van der Waals surface area contributed by atoms with Crippen LogP contribution in [0.15, 0.2) is 59.5 Å². The van der Waals surface area contributed by atoms with E-state index in [-0.39, 0.29) is 11.1 Å². The van der Waals surface area contributed by atoms with Crippen molar-refractivity contribution in [3.05, 3.63) is 79.8 Å². The summed E-state index contributed by atoms with van der Waals surface area (Å²) in [4.78, 5) is 23.5. The zero-order valence-corrected chi connectivity index (χ0v) is 13.6. The SMILES string of the molecule is O=C(O)c1cccc(Cn2ccc3cc(I)ccc3c2=O)c1. The van der Waals surface area contributed by atoms with Gasteiger partial charge < -0.3 is 9.67 Å². The van der Waals surface area contributed by atoms with Gasteiger partial charge in [-0.15, -0.1) is 0 Å². The predicted octanol–water partition coefficient (Wildman–Crippen LogP) is 3.35. The van der Waals surface area contributed by atoms with Crippen molar-refractivity contribution < 1.29 is 9.90 Å². The van der Waals surface area contributed by atoms with Crippen LogP contribution in [-0.2, 0) is 6.54 Å². The first-order valence-corrected chi connectivity index (χ1v) is 7.73. The molecular weight excluding hydrogens is 393 g/mol. The zero-order valence-electron chi connectivity index (χ0n) is 11.5. The number of halogens is 1. The van der Waals surface area contributed by atoms with E-state index in [0.29, 0.717) is 11.9 Å². The van der Waals surface area contributed by atoms with Gasteiger partial charge in [-0.3, -0.25) is 4.79 Å². The fourth-order valence-electron chi connectivity index (χ4n) is 2.38. The minimum atomic E-state index is -0.970. The summed E-state index contributed by atoms with van der Waals surface area (Å²) in [5, 5.41) is 10.6. The van der Waals surface area contributed by atoms with Gasteiger partial charge in [0.1, 0.15) is 0 Å². The van der Waals surface area contributed by atoms with E-state index < -0.39 is 5.97 Å². The first-order chi connectivity index (χ1) is 10.5. The van der Waals surface area contributed by atoms with Gasteiger partial charge in [-0.2, -0.15) is 0 Å². The second kappa shape index (κ2) is 5.92. The molecule has 4 nitrogen and oxygen atoms in total. The Bertz CT molecular complexity index is 931. The van der Waals surface area contributed by atoms with E-state index in [0.717, 1.165) is 14.5 Å². The number of aromatic nitrogens is 1. The monoisotopic (exact) mass is 405 g/mol. The van der Waals surface area contributed by atoms with Crippen molar-refractivity contribution in [3.8, 4) is 0 Å². The van der Waals surface area contributed by atoms with Crippen LogP contribution in [-0.4, -0.2) is 15.6 Å². The predicted molar refractivity (Wildman–Crippen MR) is 93.4 cm³/mol. The van der Waals surface area contributed by atoms with Crippen LogP contribution in [0, 0.1) is 3.57 Å². The lowest BCUT2D eigenvalue weighted by molar-refractivity contribution is 0.0696. The van der Waals surface area contributed by atoms with E-state index in [2.05, 4.69) is 22.6 Å². The fourth-order valence-corrected chi connectivity index (χ4v) is 2.90. The number of nitrogens with zero attached hydrogens (tertiary/aromatic N) is 1. The summed E-state index contributed by atoms with van der Waals surface area (Å²) >= 11 is 2.21. The van der Waals surface area contributed by atoms with Gasteiger partial charge in [0.25, 0.3) is 5.56 Å². The molecule has 0 saturated carbocycles. The van der Waals surface area contributed by atoms with Crippen LogP contribution >= 0.6 is 22.6 Å². The molecule has 1 heterocycles. The maximum Gasteiger partial charge on any atom is 0.335 e. The molecule has 3 aromatic rings. The number of rotatable bonds is 3. The number of fused-ring (bicyclic) bond motifs is 1. The Balaban J connectivity index is 2.03. The fraction of sp³-hybridized carbons (Fsp3) is 0.0588. The lowest BCUT2D eigenvalue weighted by Crippen LogP contribution is -2.20. The van der Waals surface area contributed by atoms with Crippen LogP contribution in [0.4, 0.5) is 0 Å². The number of benzene rings is 2. The molecule has 0 aliphatic carbocycles. The molecule has 0 saturated heterocycles. The average Bonchev–Trinajstić information content (AvgIpc) is 2.50. The van der Waals surface area contributed by atoms with Gasteiger partial charge in [-0.1, -0.05) is 12.1 Å². The highest BCUT2D eigenvalue weighted by atomic mass is 127. The van der Waals surface area contributed by atoms with Crippen molar-refractivity contribution in [2.75, 3.05) is 0 Å². The molecule has 0 spiro atoms. The minimum Gasteiger partial charge on any atom is -0.478 e. The smallest absolute Gasteiger partial charge is 0.335 e. The van der Waals surface area contributed by atoms with Crippen molar-refractivity contribution in [2.45, 2.75) is 6.54 Å². The molecule has 0 bridgehead atoms. The number of hydrogen-bond donors (Lipinski definition) is 1. The van der Waals surface area contributed by atoms with Gasteiger partial charge in [0, 0.05) is 15.2 Å². The molecule has 0 aliphatic rings. The van der Waals surface area contributed by atoms with E-state index in [1.807, 2.05) is 30.3 Å². The summed E-state index contributed by atoms with van der Waals surface area (Å²) in [6.45, 7) is 0.349. The molecule has 0 radical (unpaired) electrons. The van der Waals surface area contributed by atoms with Crippen molar-refractivity contribution in [2.24, 2.45) is 0 Å². The van der Waals surface area contributed by atoms with Gasteiger partial charge in [0.05, 0.1) is 12.1 Å². The maximum absolute atomic E-state index is 12.5. The van der Waals surface area contributed by atoms with Crippen molar-refractivity contribution in [1.82, 2.24) is 4.57 Å². The molecule has 0 atom stereocenters. The van der Waals surface area contributed by atoms with Crippen molar-refractivity contribution >= 4 is 39.3 Å². The summed E-state index contributed by atoms with van der Waals surface area (Å²) in [5.41, 5.74) is 0.933. The molecule has 0 unspecified atom stereocenters. The van der Waals surface area contributed by atoms with E-state index >= 15 is 0 Å². The maximum atomic E-state index is 12.5. The van der Waals surface area contributed by atoms with E-state index in [9.17, 15) is 9.59 Å². The largest absolute Gasteiger partial charge is 0.478 e. The molecule has 110 valence electrons. The standard InChI is InChI=1S/C17H12INO3/c18-14-4-5-15-12(9-14)6-7-19(16(15)20)10-11-2-1-3-13(8-11)17(21)22/h1-9H,10H2,(H,21,22). The molecule has 22 heavy (non-hydrogen) atoms. The first kappa shape index (κ1) is 14.8. The average molecular weight is 405 g/mol. The van der Waals surface area contributed by atoms with Crippen LogP contribution in [0.1, 0.15) is 15.9 Å². The molecule has 0 fully saturated rings. The highest BCUT2D eigenvalue weighted by molar-refractivity contribution is 14.1. The first-order valence-electron chi connectivity index (χ1n) is 6.65. The zero-order chi connectivity index (χ0) is 15.7. The Labute approximate surface area is 140 Å². The molecular formula is C17H12INO3. The third kappa shape index (κ3) is 2.89. The van der Waals surface area contributed by atoms with Crippen LogP contribution < -0.4 is 5.56 Å². The molecule has 3 rings (SSSR count). The van der Waals surface area contributed by atoms with E-state index in [1.54, 1.807) is 22.9 Å². The third-order valence-electron chi connectivity index (χ3n) is 3.47. The van der Waals surface area contributed by atoms with Gasteiger partial charge in [0.15, 0.2) is 0 Å². The number of hydrogen-bond acceptors (Lipinski definition) is 2. The van der Waals surface area contributed by atoms with Crippen LogP contribution in [0.5, 0.6) is 0 Å². The Morgan fingerprint density at radius 1 is 1.14 bits per heavy atom. The molecule has 0 amide bonds. The normalized spacial score (nSPS) is 10.8. The Morgan fingerprint density at radius 3 is 2.73 bits per heavy atom. The van der Waals surface area contributed by atoms with Crippen LogP contribution in [0.2, 0.25) is 0 Å². The van der Waals surface area contributed by atoms with Gasteiger partial charge in [0.2, 0.25) is 0 Å². The van der Waals surface area contributed by atoms with Gasteiger partial charge >= 0.3 is 5.97 Å². The van der Waals surface area contributed by atoms with Crippen molar-refractivity contribution in [3.63, 3.8) is 0 Å². The topological polar surface area (TPSA) is 59.3 Å². The Hall–Kier alpha value is -2.15. The molecule has 0 aliphatic heterocycles. The van der Waals surface area contributed by atoms with E-state index in [4.69, 9.17) is 5.11 Å². The Morgan fingerprint density at radius 2 is 1.95 bits per heavy atom. The molecule has 1 aromatic heterocycles. The van der Waals surface area contributed by atoms with Crippen LogP contribution in [0.3, 0.4) is 0 Å². The number of carbonyl (C=O) groups is 1. The van der Waals surface area contributed by atoms with Gasteiger partial charge in [-0.25, -0.2) is 4.79 Å². The lowest BCUT2D eigenvalue weighted by Gasteiger charge is -2.08. The van der Waals surface area contributed by atoms with E-state index in [1.165, 1.54) is 6.07 Å². The molecule has 2 aromatic carbocycles. The number of carboxylic acid groups (broad SMARTS) is 1. The second-order valence-electron chi connectivity index (χ2n) is 4.99. The minimum absolute atomic E-state index is 0.0744. The highest BCUT2D eigenvalue weighted by Gasteiger charge is 2.06. The Kier molecular flexibility index (Phi) is 3.98. The summed E-state index contributed by atoms with van der Waals surface area (Å²) < 4.78 is 2.67. The lowest BCUT2D eigenvalue weighted by atomic mass is 10.1. The highest BCUT2D eigenvalue weighted by Crippen LogP contribution is 2.14. The molecule has 5 heteroatoms. The quantitative estimate of drug-likeness (QED) is 0.680. The second-order valence-corrected chi connectivity index (χ2v) is 6.23. The summed E-state index contributed by atoms with van der Waals surface area (Å²) in [5.74, 6) is -0.970. The third-order valence-corrected chi connectivity index (χ3v) is 4.14.